The SMILES string of the molecule is CC(=O)Oc1cccc2[nH]cc(CN(C)C)c12. The summed E-state index contributed by atoms with van der Waals surface area (Å²) in [5.74, 6) is 0.322. The molecule has 0 unspecified atom stereocenters. The lowest BCUT2D eigenvalue weighted by atomic mass is 10.1. The van der Waals surface area contributed by atoms with E-state index in [0.717, 1.165) is 23.0 Å². The van der Waals surface area contributed by atoms with Crippen LogP contribution in [0.3, 0.4) is 0 Å². The smallest absolute Gasteiger partial charge is 0.308 e. The number of carbonyl (C=O) groups is 1. The van der Waals surface area contributed by atoms with Gasteiger partial charge in [-0.3, -0.25) is 4.79 Å². The van der Waals surface area contributed by atoms with Crippen molar-refractivity contribution >= 4 is 16.9 Å². The highest BCUT2D eigenvalue weighted by molar-refractivity contribution is 5.91. The summed E-state index contributed by atoms with van der Waals surface area (Å²) >= 11 is 0. The molecule has 0 saturated carbocycles. The highest BCUT2D eigenvalue weighted by Gasteiger charge is 2.11. The molecule has 1 heterocycles. The summed E-state index contributed by atoms with van der Waals surface area (Å²) in [5.41, 5.74) is 2.11. The number of benzene rings is 1. The first kappa shape index (κ1) is 11.7. The van der Waals surface area contributed by atoms with Crippen LogP contribution in [0, 0.1) is 0 Å². The van der Waals surface area contributed by atoms with Gasteiger partial charge in [0.1, 0.15) is 5.75 Å². The van der Waals surface area contributed by atoms with Gasteiger partial charge in [0.05, 0.1) is 0 Å². The monoisotopic (exact) mass is 232 g/mol. The lowest BCUT2D eigenvalue weighted by Crippen LogP contribution is -2.10. The molecule has 1 aromatic heterocycles. The van der Waals surface area contributed by atoms with Crippen molar-refractivity contribution in [1.82, 2.24) is 9.88 Å². The van der Waals surface area contributed by atoms with Crippen molar-refractivity contribution in [3.8, 4) is 5.75 Å². The lowest BCUT2D eigenvalue weighted by Gasteiger charge is -2.10. The number of nitrogens with one attached hydrogen (secondary N) is 1. The maximum absolute atomic E-state index is 11.1. The van der Waals surface area contributed by atoms with Crippen molar-refractivity contribution in [3.63, 3.8) is 0 Å². The van der Waals surface area contributed by atoms with Gasteiger partial charge in [-0.15, -0.1) is 0 Å². The number of rotatable bonds is 3. The van der Waals surface area contributed by atoms with Gasteiger partial charge in [-0.1, -0.05) is 6.07 Å². The minimum atomic E-state index is -0.297. The Labute approximate surface area is 100 Å². The zero-order chi connectivity index (χ0) is 12.4. The van der Waals surface area contributed by atoms with Gasteiger partial charge in [-0.05, 0) is 31.8 Å². The van der Waals surface area contributed by atoms with Gasteiger partial charge >= 0.3 is 5.97 Å². The van der Waals surface area contributed by atoms with Crippen LogP contribution < -0.4 is 4.74 Å². The van der Waals surface area contributed by atoms with Crippen LogP contribution >= 0.6 is 0 Å². The molecule has 17 heavy (non-hydrogen) atoms. The van der Waals surface area contributed by atoms with E-state index in [2.05, 4.69) is 9.88 Å². The molecule has 2 aromatic rings. The minimum Gasteiger partial charge on any atom is -0.426 e. The molecule has 0 radical (unpaired) electrons. The maximum atomic E-state index is 11.1. The second-order valence-corrected chi connectivity index (χ2v) is 4.32. The van der Waals surface area contributed by atoms with Crippen molar-refractivity contribution in [2.45, 2.75) is 13.5 Å². The Morgan fingerprint density at radius 2 is 2.18 bits per heavy atom. The van der Waals surface area contributed by atoms with E-state index in [9.17, 15) is 4.79 Å². The van der Waals surface area contributed by atoms with Crippen LogP contribution in [0.1, 0.15) is 12.5 Å². The molecule has 0 amide bonds. The van der Waals surface area contributed by atoms with Crippen LogP contribution in [0.25, 0.3) is 10.9 Å². The standard InChI is InChI=1S/C13H16N2O2/c1-9(16)17-12-6-4-5-11-13(12)10(7-14-11)8-15(2)3/h4-7,14H,8H2,1-3H3. The number of aromatic nitrogens is 1. The van der Waals surface area contributed by atoms with Gasteiger partial charge in [-0.2, -0.15) is 0 Å². The number of aromatic amines is 1. The maximum Gasteiger partial charge on any atom is 0.308 e. The van der Waals surface area contributed by atoms with Crippen molar-refractivity contribution < 1.29 is 9.53 Å². The minimum absolute atomic E-state index is 0.297. The lowest BCUT2D eigenvalue weighted by molar-refractivity contribution is -0.131. The van der Waals surface area contributed by atoms with E-state index in [1.807, 2.05) is 38.5 Å². The summed E-state index contributed by atoms with van der Waals surface area (Å²) < 4.78 is 5.23. The van der Waals surface area contributed by atoms with Crippen LogP contribution in [0.2, 0.25) is 0 Å². The van der Waals surface area contributed by atoms with Crippen molar-refractivity contribution in [2.24, 2.45) is 0 Å². The second-order valence-electron chi connectivity index (χ2n) is 4.32. The first-order valence-corrected chi connectivity index (χ1v) is 5.50. The number of hydrogen-bond acceptors (Lipinski definition) is 3. The number of H-pyrrole nitrogens is 1. The fourth-order valence-electron chi connectivity index (χ4n) is 1.92. The van der Waals surface area contributed by atoms with Crippen LogP contribution in [0.15, 0.2) is 24.4 Å². The van der Waals surface area contributed by atoms with E-state index < -0.39 is 0 Å². The average Bonchev–Trinajstić information content (AvgIpc) is 2.61. The third-order valence-corrected chi connectivity index (χ3v) is 2.49. The third kappa shape index (κ3) is 2.47. The third-order valence-electron chi connectivity index (χ3n) is 2.49. The molecule has 0 atom stereocenters. The molecule has 0 spiro atoms. The molecule has 0 aliphatic rings. The molecule has 4 nitrogen and oxygen atoms in total. The molecule has 0 aliphatic carbocycles. The highest BCUT2D eigenvalue weighted by atomic mass is 16.5. The van der Waals surface area contributed by atoms with Crippen molar-refractivity contribution in [2.75, 3.05) is 14.1 Å². The molecule has 4 heteroatoms. The van der Waals surface area contributed by atoms with Gasteiger partial charge in [0, 0.05) is 30.6 Å². The normalized spacial score (nSPS) is 11.1. The molecule has 1 aromatic carbocycles. The van der Waals surface area contributed by atoms with E-state index in [1.165, 1.54) is 6.92 Å². The molecule has 0 aliphatic heterocycles. The molecule has 0 bridgehead atoms. The number of ether oxygens (including phenoxy) is 1. The number of carbonyl (C=O) groups excluding carboxylic acids is 1. The summed E-state index contributed by atoms with van der Waals surface area (Å²) in [5, 5.41) is 0.983. The molecule has 90 valence electrons. The topological polar surface area (TPSA) is 45.3 Å². The first-order valence-electron chi connectivity index (χ1n) is 5.50. The van der Waals surface area contributed by atoms with Gasteiger partial charge < -0.3 is 14.6 Å². The van der Waals surface area contributed by atoms with Gasteiger partial charge in [0.2, 0.25) is 0 Å². The molecule has 1 N–H and O–H groups in total. The number of fused-ring (bicyclic) bond motifs is 1. The van der Waals surface area contributed by atoms with E-state index >= 15 is 0 Å². The zero-order valence-electron chi connectivity index (χ0n) is 10.3. The Hall–Kier alpha value is -1.81. The quantitative estimate of drug-likeness (QED) is 0.651. The molecule has 0 fully saturated rings. The Morgan fingerprint density at radius 3 is 2.82 bits per heavy atom. The zero-order valence-corrected chi connectivity index (χ0v) is 10.3. The van der Waals surface area contributed by atoms with Crippen LogP contribution in [-0.4, -0.2) is 29.9 Å². The van der Waals surface area contributed by atoms with Gasteiger partial charge in [0.25, 0.3) is 0 Å². The number of hydrogen-bond donors (Lipinski definition) is 1. The van der Waals surface area contributed by atoms with Crippen LogP contribution in [0.5, 0.6) is 5.75 Å². The molecule has 0 saturated heterocycles. The summed E-state index contributed by atoms with van der Waals surface area (Å²) in [6, 6.07) is 5.66. The van der Waals surface area contributed by atoms with Crippen molar-refractivity contribution in [3.05, 3.63) is 30.0 Å². The van der Waals surface area contributed by atoms with Crippen molar-refractivity contribution in [1.29, 1.82) is 0 Å². The Balaban J connectivity index is 2.51. The second kappa shape index (κ2) is 4.59. The van der Waals surface area contributed by atoms with E-state index in [1.54, 1.807) is 0 Å². The molecular weight excluding hydrogens is 216 g/mol. The number of nitrogens with zero attached hydrogens (tertiary/aromatic N) is 1. The van der Waals surface area contributed by atoms with Gasteiger partial charge in [-0.25, -0.2) is 0 Å². The summed E-state index contributed by atoms with van der Waals surface area (Å²) in [6.07, 6.45) is 1.96. The largest absolute Gasteiger partial charge is 0.426 e. The average molecular weight is 232 g/mol. The number of esters is 1. The molecular formula is C13H16N2O2. The van der Waals surface area contributed by atoms with Gasteiger partial charge in [0.15, 0.2) is 0 Å². The van der Waals surface area contributed by atoms with Crippen LogP contribution in [-0.2, 0) is 11.3 Å². The summed E-state index contributed by atoms with van der Waals surface area (Å²) in [6.45, 7) is 2.22. The van der Waals surface area contributed by atoms with E-state index in [-0.39, 0.29) is 5.97 Å². The molecule has 2 rings (SSSR count). The summed E-state index contributed by atoms with van der Waals surface area (Å²) in [7, 11) is 4.01. The Kier molecular flexibility index (Phi) is 3.15. The highest BCUT2D eigenvalue weighted by Crippen LogP contribution is 2.29. The predicted molar refractivity (Wildman–Crippen MR) is 67.0 cm³/mol. The summed E-state index contributed by atoms with van der Waals surface area (Å²) in [4.78, 5) is 16.3. The van der Waals surface area contributed by atoms with Crippen LogP contribution in [0.4, 0.5) is 0 Å². The fraction of sp³-hybridized carbons (Fsp3) is 0.308. The predicted octanol–water partition coefficient (Wildman–Crippen LogP) is 2.15. The van der Waals surface area contributed by atoms with E-state index in [4.69, 9.17) is 4.74 Å². The first-order chi connectivity index (χ1) is 8.08. The Morgan fingerprint density at radius 1 is 1.41 bits per heavy atom. The van der Waals surface area contributed by atoms with E-state index in [0.29, 0.717) is 5.75 Å². The fourth-order valence-corrected chi connectivity index (χ4v) is 1.92. The Bertz CT molecular complexity index is 543.